The highest BCUT2D eigenvalue weighted by Gasteiger charge is 2.11. The Morgan fingerprint density at radius 2 is 2.20 bits per heavy atom. The number of nitrogens with zero attached hydrogens (tertiary/aromatic N) is 1. The third-order valence-corrected chi connectivity index (χ3v) is 2.54. The van der Waals surface area contributed by atoms with Crippen molar-refractivity contribution in [1.29, 1.82) is 0 Å². The monoisotopic (exact) mass is 206 g/mol. The third-order valence-electron chi connectivity index (χ3n) is 2.54. The number of carbonyl (C=O) groups is 1. The van der Waals surface area contributed by atoms with Crippen LogP contribution in [0.25, 0.3) is 0 Å². The van der Waals surface area contributed by atoms with Gasteiger partial charge in [0.15, 0.2) is 0 Å². The lowest BCUT2D eigenvalue weighted by Gasteiger charge is -2.09. The molecule has 1 aromatic heterocycles. The summed E-state index contributed by atoms with van der Waals surface area (Å²) in [7, 11) is 0. The first-order valence-electron chi connectivity index (χ1n) is 5.47. The summed E-state index contributed by atoms with van der Waals surface area (Å²) in [5, 5.41) is 0. The number of primary amides is 1. The van der Waals surface area contributed by atoms with Crippen molar-refractivity contribution in [3.05, 3.63) is 29.1 Å². The zero-order valence-electron chi connectivity index (χ0n) is 9.42. The van der Waals surface area contributed by atoms with Crippen molar-refractivity contribution in [3.63, 3.8) is 0 Å². The van der Waals surface area contributed by atoms with E-state index >= 15 is 0 Å². The Balaban J connectivity index is 3.04. The molecular weight excluding hydrogens is 188 g/mol. The van der Waals surface area contributed by atoms with E-state index in [1.54, 1.807) is 6.20 Å². The predicted molar refractivity (Wildman–Crippen MR) is 60.7 cm³/mol. The van der Waals surface area contributed by atoms with Gasteiger partial charge in [0.1, 0.15) is 5.69 Å². The minimum absolute atomic E-state index is 0.426. The van der Waals surface area contributed by atoms with Crippen molar-refractivity contribution in [2.24, 2.45) is 5.73 Å². The van der Waals surface area contributed by atoms with Crippen LogP contribution in [0.4, 0.5) is 0 Å². The summed E-state index contributed by atoms with van der Waals surface area (Å²) in [5.41, 5.74) is 7.95. The van der Waals surface area contributed by atoms with E-state index in [0.29, 0.717) is 5.69 Å². The maximum atomic E-state index is 11.2. The highest BCUT2D eigenvalue weighted by atomic mass is 16.1. The van der Waals surface area contributed by atoms with Crippen LogP contribution in [0, 0.1) is 0 Å². The molecule has 0 unspecified atom stereocenters. The molecule has 0 aromatic carbocycles. The number of unbranched alkanes of at least 4 members (excludes halogenated alkanes) is 1. The number of hydrogen-bond donors (Lipinski definition) is 1. The number of rotatable bonds is 5. The van der Waals surface area contributed by atoms with Gasteiger partial charge in [0.05, 0.1) is 0 Å². The van der Waals surface area contributed by atoms with Gasteiger partial charge in [-0.05, 0) is 36.5 Å². The van der Waals surface area contributed by atoms with Crippen LogP contribution < -0.4 is 5.73 Å². The zero-order chi connectivity index (χ0) is 11.3. The summed E-state index contributed by atoms with van der Waals surface area (Å²) in [6.45, 7) is 4.18. The molecule has 0 fully saturated rings. The first kappa shape index (κ1) is 11.7. The minimum Gasteiger partial charge on any atom is -0.364 e. The molecule has 0 saturated carbocycles. The highest BCUT2D eigenvalue weighted by molar-refractivity contribution is 5.92. The van der Waals surface area contributed by atoms with Gasteiger partial charge in [0.25, 0.3) is 5.91 Å². The van der Waals surface area contributed by atoms with Crippen LogP contribution in [0.2, 0.25) is 0 Å². The molecule has 1 heterocycles. The quantitative estimate of drug-likeness (QED) is 0.802. The van der Waals surface area contributed by atoms with Crippen LogP contribution in [0.3, 0.4) is 0 Å². The number of aromatic nitrogens is 1. The zero-order valence-corrected chi connectivity index (χ0v) is 9.42. The van der Waals surface area contributed by atoms with Crippen molar-refractivity contribution < 1.29 is 4.79 Å². The van der Waals surface area contributed by atoms with E-state index in [1.807, 2.05) is 13.0 Å². The van der Waals surface area contributed by atoms with Crippen LogP contribution in [-0.4, -0.2) is 10.9 Å². The molecule has 0 aliphatic carbocycles. The summed E-state index contributed by atoms with van der Waals surface area (Å²) in [6.07, 6.45) is 5.77. The Morgan fingerprint density at radius 1 is 1.47 bits per heavy atom. The second kappa shape index (κ2) is 5.49. The van der Waals surface area contributed by atoms with E-state index in [0.717, 1.165) is 31.2 Å². The number of carbonyl (C=O) groups excluding carboxylic acids is 1. The Hall–Kier alpha value is -1.38. The van der Waals surface area contributed by atoms with Crippen LogP contribution in [0.1, 0.15) is 48.3 Å². The number of amides is 1. The van der Waals surface area contributed by atoms with Gasteiger partial charge in [0.2, 0.25) is 0 Å². The van der Waals surface area contributed by atoms with E-state index in [4.69, 9.17) is 5.73 Å². The average Bonchev–Trinajstić information content (AvgIpc) is 2.25. The fourth-order valence-electron chi connectivity index (χ4n) is 1.74. The van der Waals surface area contributed by atoms with Gasteiger partial charge >= 0.3 is 0 Å². The number of aryl methyl sites for hydroxylation is 1. The predicted octanol–water partition coefficient (Wildman–Crippen LogP) is 2.09. The lowest BCUT2D eigenvalue weighted by molar-refractivity contribution is 0.0994. The van der Waals surface area contributed by atoms with E-state index in [1.165, 1.54) is 5.56 Å². The Morgan fingerprint density at radius 3 is 2.73 bits per heavy atom. The summed E-state index contributed by atoms with van der Waals surface area (Å²) in [5.74, 6) is -0.426. The number of pyridine rings is 1. The van der Waals surface area contributed by atoms with E-state index in [2.05, 4.69) is 11.9 Å². The van der Waals surface area contributed by atoms with Gasteiger partial charge in [-0.15, -0.1) is 0 Å². The van der Waals surface area contributed by atoms with Crippen molar-refractivity contribution in [1.82, 2.24) is 4.98 Å². The molecule has 3 nitrogen and oxygen atoms in total. The molecule has 2 N–H and O–H groups in total. The molecular formula is C12H18N2O. The van der Waals surface area contributed by atoms with Crippen molar-refractivity contribution in [2.45, 2.75) is 39.5 Å². The molecule has 0 spiro atoms. The average molecular weight is 206 g/mol. The highest BCUT2D eigenvalue weighted by Crippen LogP contribution is 2.15. The van der Waals surface area contributed by atoms with Crippen molar-refractivity contribution >= 4 is 5.91 Å². The summed E-state index contributed by atoms with van der Waals surface area (Å²) < 4.78 is 0. The van der Waals surface area contributed by atoms with Gasteiger partial charge in [-0.3, -0.25) is 9.78 Å². The summed E-state index contributed by atoms with van der Waals surface area (Å²) in [4.78, 5) is 15.2. The molecule has 82 valence electrons. The molecule has 3 heteroatoms. The fraction of sp³-hybridized carbons (Fsp3) is 0.500. The Bertz CT molecular complexity index is 347. The Kier molecular flexibility index (Phi) is 4.28. The summed E-state index contributed by atoms with van der Waals surface area (Å²) >= 11 is 0. The molecule has 1 amide bonds. The number of nitrogens with two attached hydrogens (primary N) is 1. The first-order chi connectivity index (χ1) is 7.20. The fourth-order valence-corrected chi connectivity index (χ4v) is 1.74. The molecule has 0 saturated heterocycles. The molecule has 15 heavy (non-hydrogen) atoms. The van der Waals surface area contributed by atoms with Crippen molar-refractivity contribution in [2.75, 3.05) is 0 Å². The smallest absolute Gasteiger partial charge is 0.267 e. The van der Waals surface area contributed by atoms with E-state index < -0.39 is 5.91 Å². The molecule has 0 atom stereocenters. The van der Waals surface area contributed by atoms with Crippen molar-refractivity contribution in [3.8, 4) is 0 Å². The second-order valence-corrected chi connectivity index (χ2v) is 3.62. The largest absolute Gasteiger partial charge is 0.364 e. The maximum absolute atomic E-state index is 11.2. The molecule has 0 radical (unpaired) electrons. The van der Waals surface area contributed by atoms with Gasteiger partial charge in [0, 0.05) is 6.20 Å². The molecule has 1 aromatic rings. The molecule has 0 aliphatic heterocycles. The van der Waals surface area contributed by atoms with Crippen LogP contribution in [0.5, 0.6) is 0 Å². The van der Waals surface area contributed by atoms with E-state index in [-0.39, 0.29) is 0 Å². The lowest BCUT2D eigenvalue weighted by atomic mass is 9.99. The summed E-state index contributed by atoms with van der Waals surface area (Å²) in [6, 6.07) is 1.99. The normalized spacial score (nSPS) is 10.3. The van der Waals surface area contributed by atoms with Gasteiger partial charge in [-0.1, -0.05) is 20.3 Å². The van der Waals surface area contributed by atoms with Gasteiger partial charge in [-0.25, -0.2) is 0 Å². The molecule has 1 rings (SSSR count). The SMILES string of the molecule is CCCCc1ccnc(C(N)=O)c1CC. The topological polar surface area (TPSA) is 56.0 Å². The van der Waals surface area contributed by atoms with E-state index in [9.17, 15) is 4.79 Å². The van der Waals surface area contributed by atoms with Crippen LogP contribution in [0.15, 0.2) is 12.3 Å². The van der Waals surface area contributed by atoms with Gasteiger partial charge in [-0.2, -0.15) is 0 Å². The minimum atomic E-state index is -0.426. The van der Waals surface area contributed by atoms with Gasteiger partial charge < -0.3 is 5.73 Å². The lowest BCUT2D eigenvalue weighted by Crippen LogP contribution is -2.17. The number of hydrogen-bond acceptors (Lipinski definition) is 2. The second-order valence-electron chi connectivity index (χ2n) is 3.62. The third kappa shape index (κ3) is 2.78. The Labute approximate surface area is 90.7 Å². The molecule has 0 bridgehead atoms. The molecule has 0 aliphatic rings. The van der Waals surface area contributed by atoms with Crippen LogP contribution in [-0.2, 0) is 12.8 Å². The first-order valence-corrected chi connectivity index (χ1v) is 5.47. The van der Waals surface area contributed by atoms with Crippen LogP contribution >= 0.6 is 0 Å². The maximum Gasteiger partial charge on any atom is 0.267 e. The standard InChI is InChI=1S/C12H18N2O/c1-3-5-6-9-7-8-14-11(12(13)15)10(9)4-2/h7-8H,3-6H2,1-2H3,(H2,13,15).